The fraction of sp³-hybridized carbons (Fsp3) is 0.250. The van der Waals surface area contributed by atoms with E-state index in [1.807, 2.05) is 36.4 Å². The van der Waals surface area contributed by atoms with Crippen LogP contribution in [-0.2, 0) is 0 Å². The number of nitrogens with zero attached hydrogens (tertiary/aromatic N) is 1. The van der Waals surface area contributed by atoms with Crippen LogP contribution in [-0.4, -0.2) is 24.0 Å². The molecule has 1 saturated heterocycles. The van der Waals surface area contributed by atoms with Gasteiger partial charge in [0.15, 0.2) is 0 Å². The first-order chi connectivity index (χ1) is 16.0. The van der Waals surface area contributed by atoms with E-state index in [2.05, 4.69) is 70.9 Å². The van der Waals surface area contributed by atoms with Gasteiger partial charge in [-0.2, -0.15) is 0 Å². The van der Waals surface area contributed by atoms with Crippen LogP contribution in [0.25, 0.3) is 22.2 Å². The molecular weight excluding hydrogens is 426 g/mol. The van der Waals surface area contributed by atoms with Crippen LogP contribution in [0.3, 0.4) is 0 Å². The minimum absolute atomic E-state index is 0.0778. The van der Waals surface area contributed by atoms with Crippen molar-refractivity contribution < 1.29 is 4.79 Å². The summed E-state index contributed by atoms with van der Waals surface area (Å²) in [5, 5.41) is 1.20. The van der Waals surface area contributed by atoms with Crippen LogP contribution >= 0.6 is 11.9 Å². The van der Waals surface area contributed by atoms with Crippen molar-refractivity contribution in [1.82, 2.24) is 9.71 Å². The number of nitrogens with one attached hydrogen (secondary N) is 2. The van der Waals surface area contributed by atoms with E-state index in [0.717, 1.165) is 34.8 Å². The Morgan fingerprint density at radius 3 is 2.33 bits per heavy atom. The summed E-state index contributed by atoms with van der Waals surface area (Å²) in [5.41, 5.74) is 5.66. The van der Waals surface area contributed by atoms with Crippen LogP contribution in [0.2, 0.25) is 0 Å². The van der Waals surface area contributed by atoms with Gasteiger partial charge in [0.1, 0.15) is 0 Å². The second kappa shape index (κ2) is 8.99. The maximum Gasteiger partial charge on any atom is 0.261 e. The fourth-order valence-electron chi connectivity index (χ4n) is 4.29. The van der Waals surface area contributed by atoms with E-state index in [4.69, 9.17) is 0 Å². The number of para-hydroxylation sites is 1. The van der Waals surface area contributed by atoms with Crippen molar-refractivity contribution in [2.45, 2.75) is 31.6 Å². The van der Waals surface area contributed by atoms with Gasteiger partial charge in [0.2, 0.25) is 0 Å². The van der Waals surface area contributed by atoms with E-state index >= 15 is 0 Å². The van der Waals surface area contributed by atoms with Crippen LogP contribution in [0.15, 0.2) is 83.8 Å². The number of hydrogen-bond donors (Lipinski definition) is 2. The lowest BCUT2D eigenvalue weighted by Crippen LogP contribution is -2.37. The zero-order chi connectivity index (χ0) is 22.8. The number of amides is 1. The summed E-state index contributed by atoms with van der Waals surface area (Å²) in [6.45, 7) is 6.82. The Hall–Kier alpha value is -3.18. The average Bonchev–Trinajstić information content (AvgIpc) is 3.27. The van der Waals surface area contributed by atoms with Gasteiger partial charge in [0, 0.05) is 45.8 Å². The molecule has 4 aromatic rings. The molecule has 168 valence electrons. The molecule has 5 heteroatoms. The molecule has 33 heavy (non-hydrogen) atoms. The van der Waals surface area contributed by atoms with Gasteiger partial charge < -0.3 is 9.88 Å². The summed E-state index contributed by atoms with van der Waals surface area (Å²) < 4.78 is 2.96. The van der Waals surface area contributed by atoms with Crippen molar-refractivity contribution in [2.75, 3.05) is 18.0 Å². The van der Waals surface area contributed by atoms with E-state index in [-0.39, 0.29) is 5.91 Å². The van der Waals surface area contributed by atoms with Crippen molar-refractivity contribution >= 4 is 34.4 Å². The number of H-pyrrole nitrogens is 1. The van der Waals surface area contributed by atoms with Crippen LogP contribution in [0, 0.1) is 5.41 Å². The second-order valence-electron chi connectivity index (χ2n) is 9.53. The quantitative estimate of drug-likeness (QED) is 0.322. The minimum Gasteiger partial charge on any atom is -0.371 e. The molecule has 1 aliphatic rings. The number of carbonyl (C=O) groups is 1. The lowest BCUT2D eigenvalue weighted by molar-refractivity contribution is 0.0984. The average molecular weight is 456 g/mol. The molecule has 2 N–H and O–H groups in total. The zero-order valence-corrected chi connectivity index (χ0v) is 19.9. The Balaban J connectivity index is 1.18. The van der Waals surface area contributed by atoms with Gasteiger partial charge in [-0.05, 0) is 84.3 Å². The van der Waals surface area contributed by atoms with Gasteiger partial charge >= 0.3 is 0 Å². The van der Waals surface area contributed by atoms with Crippen molar-refractivity contribution in [3.8, 4) is 11.3 Å². The number of hydrogen-bond acceptors (Lipinski definition) is 3. The van der Waals surface area contributed by atoms with Crippen molar-refractivity contribution in [3.63, 3.8) is 0 Å². The first-order valence-corrected chi connectivity index (χ1v) is 12.3. The van der Waals surface area contributed by atoms with Gasteiger partial charge in [-0.25, -0.2) is 0 Å². The number of anilines is 1. The maximum atomic E-state index is 12.6. The third-order valence-corrected chi connectivity index (χ3v) is 7.36. The van der Waals surface area contributed by atoms with Crippen LogP contribution in [0.4, 0.5) is 5.69 Å². The van der Waals surface area contributed by atoms with Gasteiger partial charge in [-0.1, -0.05) is 44.2 Å². The van der Waals surface area contributed by atoms with Gasteiger partial charge in [-0.15, -0.1) is 0 Å². The zero-order valence-electron chi connectivity index (χ0n) is 19.1. The molecule has 0 spiro atoms. The molecule has 0 aliphatic carbocycles. The van der Waals surface area contributed by atoms with E-state index in [9.17, 15) is 4.79 Å². The highest BCUT2D eigenvalue weighted by molar-refractivity contribution is 7.98. The van der Waals surface area contributed by atoms with Crippen LogP contribution in [0.5, 0.6) is 0 Å². The van der Waals surface area contributed by atoms with Crippen molar-refractivity contribution in [3.05, 3.63) is 84.4 Å². The highest BCUT2D eigenvalue weighted by Crippen LogP contribution is 2.32. The van der Waals surface area contributed by atoms with Crippen molar-refractivity contribution in [2.24, 2.45) is 5.41 Å². The highest BCUT2D eigenvalue weighted by Gasteiger charge is 2.25. The molecule has 2 heterocycles. The van der Waals surface area contributed by atoms with Gasteiger partial charge in [-0.3, -0.25) is 9.52 Å². The first-order valence-electron chi connectivity index (χ1n) is 11.5. The number of aromatic nitrogens is 1. The molecule has 1 fully saturated rings. The number of carbonyl (C=O) groups excluding carboxylic acids is 1. The fourth-order valence-corrected chi connectivity index (χ4v) is 4.89. The second-order valence-corrected chi connectivity index (χ2v) is 10.4. The highest BCUT2D eigenvalue weighted by atomic mass is 32.2. The predicted molar refractivity (Wildman–Crippen MR) is 139 cm³/mol. The van der Waals surface area contributed by atoms with Crippen LogP contribution in [0.1, 0.15) is 37.0 Å². The Bertz CT molecular complexity index is 1220. The number of fused-ring (bicyclic) bond motifs is 1. The third-order valence-electron chi connectivity index (χ3n) is 6.57. The summed E-state index contributed by atoms with van der Waals surface area (Å²) in [6.07, 6.45) is 2.40. The minimum atomic E-state index is -0.0778. The molecule has 1 amide bonds. The van der Waals surface area contributed by atoms with E-state index in [0.29, 0.717) is 11.0 Å². The van der Waals surface area contributed by atoms with Crippen molar-refractivity contribution in [1.29, 1.82) is 0 Å². The Labute approximate surface area is 199 Å². The molecule has 0 atom stereocenters. The normalized spacial score (nSPS) is 15.5. The summed E-state index contributed by atoms with van der Waals surface area (Å²) in [4.78, 5) is 19.5. The maximum absolute atomic E-state index is 12.6. The lowest BCUT2D eigenvalue weighted by atomic mass is 9.82. The van der Waals surface area contributed by atoms with Gasteiger partial charge in [0.25, 0.3) is 5.91 Å². The molecule has 1 aliphatic heterocycles. The van der Waals surface area contributed by atoms with E-state index < -0.39 is 0 Å². The third kappa shape index (κ3) is 4.93. The first kappa shape index (κ1) is 21.7. The predicted octanol–water partition coefficient (Wildman–Crippen LogP) is 6.90. The topological polar surface area (TPSA) is 48.1 Å². The van der Waals surface area contributed by atoms with E-state index in [1.165, 1.54) is 35.9 Å². The summed E-state index contributed by atoms with van der Waals surface area (Å²) >= 11 is 1.34. The number of piperidine rings is 1. The van der Waals surface area contributed by atoms with E-state index in [1.54, 1.807) is 0 Å². The summed E-state index contributed by atoms with van der Waals surface area (Å²) in [5.74, 6) is -0.0778. The molecular formula is C28H29N3OS. The molecule has 0 saturated carbocycles. The molecule has 5 rings (SSSR count). The lowest BCUT2D eigenvalue weighted by Gasteiger charge is -2.38. The molecule has 0 bridgehead atoms. The number of rotatable bonds is 5. The Morgan fingerprint density at radius 2 is 1.64 bits per heavy atom. The molecule has 0 radical (unpaired) electrons. The standard InChI is InChI=1S/C28H29N3OS/c1-28(2)15-17-31(18-16-28)23-11-7-21(8-12-23)27(32)30-33-24-13-9-20(10-14-24)26-19-22-5-3-4-6-25(22)29-26/h3-14,19,29H,15-18H2,1-2H3,(H,30,32). The largest absolute Gasteiger partial charge is 0.371 e. The molecule has 0 unspecified atom stereocenters. The molecule has 4 nitrogen and oxygen atoms in total. The van der Waals surface area contributed by atoms with Crippen LogP contribution < -0.4 is 9.62 Å². The Kier molecular flexibility index (Phi) is 5.90. The number of benzene rings is 3. The molecule has 1 aromatic heterocycles. The monoisotopic (exact) mass is 455 g/mol. The molecule has 3 aromatic carbocycles. The van der Waals surface area contributed by atoms with Gasteiger partial charge in [0.05, 0.1) is 0 Å². The summed E-state index contributed by atoms with van der Waals surface area (Å²) in [7, 11) is 0. The Morgan fingerprint density at radius 1 is 0.939 bits per heavy atom. The summed E-state index contributed by atoms with van der Waals surface area (Å²) in [6, 6.07) is 26.6. The smallest absolute Gasteiger partial charge is 0.261 e. The SMILES string of the molecule is CC1(C)CCN(c2ccc(C(=O)NSc3ccc(-c4cc5ccccc5[nH]4)cc3)cc2)CC1. The number of aromatic amines is 1.